The van der Waals surface area contributed by atoms with Crippen molar-refractivity contribution in [2.75, 3.05) is 7.05 Å². The second-order valence-electron chi connectivity index (χ2n) is 2.34. The van der Waals surface area contributed by atoms with Gasteiger partial charge >= 0.3 is 6.71 Å². The van der Waals surface area contributed by atoms with Crippen molar-refractivity contribution < 1.29 is 4.79 Å². The number of nitriles is 1. The van der Waals surface area contributed by atoms with Crippen LogP contribution in [0.15, 0.2) is 24.4 Å². The number of rotatable bonds is 3. The zero-order valence-electron chi connectivity index (χ0n) is 8.05. The Morgan fingerprint density at radius 3 is 2.79 bits per heavy atom. The summed E-state index contributed by atoms with van der Waals surface area (Å²) in [4.78, 5) is 14.2. The van der Waals surface area contributed by atoms with E-state index >= 15 is 0 Å². The first-order valence-electron chi connectivity index (χ1n) is 4.20. The average molecular weight is 189 g/mol. The normalized spacial score (nSPS) is 7.79. The van der Waals surface area contributed by atoms with E-state index in [0.29, 0.717) is 5.59 Å². The van der Waals surface area contributed by atoms with Gasteiger partial charge in [-0.3, -0.25) is 4.98 Å². The SMILES string of the molecule is CN.N#CB(CC=O)c1ccccn1. The average Bonchev–Trinajstić information content (AvgIpc) is 2.30. The predicted octanol–water partition coefficient (Wildman–Crippen LogP) is -0.380. The van der Waals surface area contributed by atoms with Gasteiger partial charge in [0, 0.05) is 24.1 Å². The number of nitrogens with two attached hydrogens (primary N) is 1. The number of aromatic nitrogens is 1. The molecular weight excluding hydrogens is 177 g/mol. The molecule has 0 radical (unpaired) electrons. The van der Waals surface area contributed by atoms with E-state index in [1.807, 2.05) is 5.97 Å². The smallest absolute Gasteiger partial charge is 0.328 e. The third kappa shape index (κ3) is 3.83. The van der Waals surface area contributed by atoms with Crippen LogP contribution in [0.3, 0.4) is 0 Å². The van der Waals surface area contributed by atoms with Crippen molar-refractivity contribution in [3.05, 3.63) is 24.4 Å². The van der Waals surface area contributed by atoms with Crippen molar-refractivity contribution in [1.29, 1.82) is 5.26 Å². The summed E-state index contributed by atoms with van der Waals surface area (Å²) < 4.78 is 0. The van der Waals surface area contributed by atoms with Gasteiger partial charge in [-0.25, -0.2) is 5.26 Å². The fraction of sp³-hybridized carbons (Fsp3) is 0.222. The first-order chi connectivity index (χ1) is 6.88. The number of nitrogens with zero attached hydrogens (tertiary/aromatic N) is 2. The molecule has 4 nitrogen and oxygen atoms in total. The summed E-state index contributed by atoms with van der Waals surface area (Å²) in [6.45, 7) is -0.399. The van der Waals surface area contributed by atoms with Gasteiger partial charge < -0.3 is 10.5 Å². The Morgan fingerprint density at radius 1 is 1.64 bits per heavy atom. The molecule has 0 aliphatic heterocycles. The van der Waals surface area contributed by atoms with E-state index in [4.69, 9.17) is 5.26 Å². The molecule has 0 atom stereocenters. The van der Waals surface area contributed by atoms with Crippen LogP contribution in [0.5, 0.6) is 0 Å². The molecule has 0 fully saturated rings. The van der Waals surface area contributed by atoms with Crippen molar-refractivity contribution in [1.82, 2.24) is 4.98 Å². The zero-order valence-corrected chi connectivity index (χ0v) is 8.05. The molecule has 72 valence electrons. The summed E-state index contributed by atoms with van der Waals surface area (Å²) in [5.74, 6) is 2.03. The van der Waals surface area contributed by atoms with E-state index in [2.05, 4.69) is 10.7 Å². The third-order valence-electron chi connectivity index (χ3n) is 1.53. The fourth-order valence-electron chi connectivity index (χ4n) is 0.918. The van der Waals surface area contributed by atoms with E-state index < -0.39 is 6.71 Å². The highest BCUT2D eigenvalue weighted by Gasteiger charge is 2.16. The van der Waals surface area contributed by atoms with E-state index in [1.165, 1.54) is 7.05 Å². The molecule has 1 aromatic heterocycles. The Morgan fingerprint density at radius 2 is 2.36 bits per heavy atom. The number of carbonyl (C=O) groups excluding carboxylic acids is 1. The van der Waals surface area contributed by atoms with Crippen LogP contribution >= 0.6 is 0 Å². The summed E-state index contributed by atoms with van der Waals surface area (Å²) in [6.07, 6.45) is 2.57. The molecule has 1 heterocycles. The van der Waals surface area contributed by atoms with Crippen LogP contribution < -0.4 is 11.3 Å². The molecule has 0 aromatic carbocycles. The molecule has 1 rings (SSSR count). The molecule has 14 heavy (non-hydrogen) atoms. The second-order valence-corrected chi connectivity index (χ2v) is 2.34. The highest BCUT2D eigenvalue weighted by molar-refractivity contribution is 6.81. The number of carbonyl (C=O) groups is 1. The first kappa shape index (κ1) is 12.3. The minimum Gasteiger partial charge on any atom is -0.333 e. The molecule has 0 aliphatic carbocycles. The standard InChI is InChI=1S/C8H7BN2O.CH5N/c10-7-9(4-6-12)8-3-1-2-5-11-8;1-2/h1-3,5-6H,4H2;2H2,1H3. The van der Waals surface area contributed by atoms with E-state index in [-0.39, 0.29) is 6.32 Å². The van der Waals surface area contributed by atoms with E-state index in [1.54, 1.807) is 24.4 Å². The summed E-state index contributed by atoms with van der Waals surface area (Å²) in [5, 5.41) is 8.66. The quantitative estimate of drug-likeness (QED) is 0.519. The van der Waals surface area contributed by atoms with Crippen LogP contribution in [0, 0.1) is 11.2 Å². The molecular formula is C9H12BN3O. The molecule has 0 unspecified atom stereocenters. The molecule has 5 heteroatoms. The minimum absolute atomic E-state index is 0.216. The van der Waals surface area contributed by atoms with Crippen LogP contribution in [-0.2, 0) is 4.79 Å². The van der Waals surface area contributed by atoms with Gasteiger partial charge in [0.05, 0.1) is 0 Å². The van der Waals surface area contributed by atoms with Crippen molar-refractivity contribution in [3.63, 3.8) is 0 Å². The lowest BCUT2D eigenvalue weighted by molar-refractivity contribution is -0.106. The van der Waals surface area contributed by atoms with Gasteiger partial charge in [0.2, 0.25) is 0 Å². The third-order valence-corrected chi connectivity index (χ3v) is 1.53. The van der Waals surface area contributed by atoms with E-state index in [9.17, 15) is 4.79 Å². The molecule has 0 saturated heterocycles. The Bertz CT molecular complexity index is 297. The zero-order chi connectivity index (χ0) is 10.8. The first-order valence-corrected chi connectivity index (χ1v) is 4.20. The largest absolute Gasteiger partial charge is 0.333 e. The highest BCUT2D eigenvalue weighted by Crippen LogP contribution is 1.88. The fourth-order valence-corrected chi connectivity index (χ4v) is 0.918. The van der Waals surface area contributed by atoms with E-state index in [0.717, 1.165) is 6.29 Å². The highest BCUT2D eigenvalue weighted by atomic mass is 16.1. The molecule has 1 aromatic rings. The topological polar surface area (TPSA) is 79.8 Å². The second kappa shape index (κ2) is 7.96. The number of pyridine rings is 1. The van der Waals surface area contributed by atoms with Crippen LogP contribution in [0.4, 0.5) is 0 Å². The molecule has 2 N–H and O–H groups in total. The van der Waals surface area contributed by atoms with Gasteiger partial charge in [-0.2, -0.15) is 0 Å². The lowest BCUT2D eigenvalue weighted by Gasteiger charge is -1.97. The number of hydrogen-bond donors (Lipinski definition) is 1. The summed E-state index contributed by atoms with van der Waals surface area (Å²) >= 11 is 0. The Hall–Kier alpha value is -1.67. The molecule has 0 spiro atoms. The number of hydrogen-bond acceptors (Lipinski definition) is 4. The maximum Gasteiger partial charge on any atom is 0.328 e. The van der Waals surface area contributed by atoms with Crippen LogP contribution in [0.25, 0.3) is 0 Å². The number of aldehydes is 1. The monoisotopic (exact) mass is 189 g/mol. The van der Waals surface area contributed by atoms with Crippen LogP contribution in [-0.4, -0.2) is 25.0 Å². The predicted molar refractivity (Wildman–Crippen MR) is 56.2 cm³/mol. The van der Waals surface area contributed by atoms with Gasteiger partial charge in [0.25, 0.3) is 0 Å². The van der Waals surface area contributed by atoms with Crippen molar-refractivity contribution >= 4 is 18.6 Å². The van der Waals surface area contributed by atoms with Crippen LogP contribution in [0.1, 0.15) is 0 Å². The van der Waals surface area contributed by atoms with Crippen molar-refractivity contribution in [2.24, 2.45) is 5.73 Å². The molecule has 0 saturated carbocycles. The van der Waals surface area contributed by atoms with Gasteiger partial charge in [0.1, 0.15) is 6.29 Å². The Kier molecular flexibility index (Phi) is 7.01. The van der Waals surface area contributed by atoms with Crippen molar-refractivity contribution in [3.8, 4) is 5.97 Å². The minimum atomic E-state index is -0.399. The molecule has 0 bridgehead atoms. The Labute approximate surface area is 83.8 Å². The summed E-state index contributed by atoms with van der Waals surface area (Å²) in [7, 11) is 1.50. The summed E-state index contributed by atoms with van der Waals surface area (Å²) in [6, 6.07) is 5.33. The maximum atomic E-state index is 10.2. The van der Waals surface area contributed by atoms with Gasteiger partial charge in [-0.05, 0) is 19.2 Å². The van der Waals surface area contributed by atoms with Gasteiger partial charge in [0.15, 0.2) is 0 Å². The maximum absolute atomic E-state index is 10.2. The lowest BCUT2D eigenvalue weighted by Crippen LogP contribution is -2.31. The summed E-state index contributed by atoms with van der Waals surface area (Å²) in [5.41, 5.74) is 5.16. The molecule has 0 aliphatic rings. The Balaban J connectivity index is 0.000000791. The van der Waals surface area contributed by atoms with Crippen LogP contribution in [0.2, 0.25) is 6.32 Å². The van der Waals surface area contributed by atoms with Gasteiger partial charge in [-0.15, -0.1) is 0 Å². The molecule has 0 amide bonds. The lowest BCUT2D eigenvalue weighted by atomic mass is 9.46. The van der Waals surface area contributed by atoms with Crippen molar-refractivity contribution in [2.45, 2.75) is 6.32 Å². The van der Waals surface area contributed by atoms with Gasteiger partial charge in [-0.1, -0.05) is 6.07 Å².